The lowest BCUT2D eigenvalue weighted by Crippen LogP contribution is -2.41. The number of aromatic nitrogens is 2. The topological polar surface area (TPSA) is 128 Å². The summed E-state index contributed by atoms with van der Waals surface area (Å²) in [4.78, 5) is 64.0. The fourth-order valence-electron chi connectivity index (χ4n) is 4.19. The number of amides is 2. The summed E-state index contributed by atoms with van der Waals surface area (Å²) in [5, 5.41) is 7.20. The molecule has 10 nitrogen and oxygen atoms in total. The molecule has 2 amide bonds. The quantitative estimate of drug-likeness (QED) is 0.270. The highest BCUT2D eigenvalue weighted by atomic mass is 32.1. The molecule has 0 aliphatic rings. The third-order valence-electron chi connectivity index (χ3n) is 6.23. The second kappa shape index (κ2) is 13.0. The summed E-state index contributed by atoms with van der Waals surface area (Å²) >= 11 is 1.18. The van der Waals surface area contributed by atoms with Crippen molar-refractivity contribution in [2.45, 2.75) is 46.3 Å². The van der Waals surface area contributed by atoms with Crippen molar-refractivity contribution in [1.82, 2.24) is 14.5 Å². The number of carbonyl (C=O) groups is 3. The Kier molecular flexibility index (Phi) is 9.28. The van der Waals surface area contributed by atoms with Crippen molar-refractivity contribution >= 4 is 45.0 Å². The minimum atomic E-state index is -0.648. The van der Waals surface area contributed by atoms with Crippen molar-refractivity contribution in [3.8, 4) is 0 Å². The van der Waals surface area contributed by atoms with Gasteiger partial charge in [0.1, 0.15) is 11.2 Å². The molecule has 0 saturated heterocycles. The van der Waals surface area contributed by atoms with Crippen molar-refractivity contribution in [3.63, 3.8) is 0 Å². The number of thiophene rings is 1. The first-order chi connectivity index (χ1) is 19.3. The van der Waals surface area contributed by atoms with E-state index in [9.17, 15) is 24.0 Å². The smallest absolute Gasteiger partial charge is 0.340 e. The van der Waals surface area contributed by atoms with Crippen molar-refractivity contribution in [1.29, 1.82) is 0 Å². The van der Waals surface area contributed by atoms with E-state index in [0.717, 1.165) is 15.7 Å². The number of anilines is 1. The monoisotopic (exact) mass is 562 g/mol. The van der Waals surface area contributed by atoms with Gasteiger partial charge in [-0.1, -0.05) is 42.0 Å². The molecule has 11 heteroatoms. The molecule has 4 aromatic rings. The summed E-state index contributed by atoms with van der Waals surface area (Å²) in [5.74, 6) is -1.31. The lowest BCUT2D eigenvalue weighted by molar-refractivity contribution is -0.121. The maximum Gasteiger partial charge on any atom is 0.340 e. The van der Waals surface area contributed by atoms with Crippen LogP contribution in [0.2, 0.25) is 0 Å². The summed E-state index contributed by atoms with van der Waals surface area (Å²) in [6.45, 7) is 3.90. The first-order valence-electron chi connectivity index (χ1n) is 12.9. The van der Waals surface area contributed by atoms with E-state index < -0.39 is 23.1 Å². The van der Waals surface area contributed by atoms with Gasteiger partial charge in [-0.25, -0.2) is 9.59 Å². The SMILES string of the molecule is CCOC(=O)c1ccccc1NC(=O)Cn1c(=O)n(CCCC(=O)NCc2ccc(C)cc2)c(=O)c2sccc21. The molecule has 4 rings (SSSR count). The van der Waals surface area contributed by atoms with Crippen LogP contribution in [-0.4, -0.2) is 33.5 Å². The molecular weight excluding hydrogens is 532 g/mol. The highest BCUT2D eigenvalue weighted by molar-refractivity contribution is 7.17. The van der Waals surface area contributed by atoms with Gasteiger partial charge < -0.3 is 15.4 Å². The minimum absolute atomic E-state index is 0.0246. The molecule has 208 valence electrons. The van der Waals surface area contributed by atoms with Gasteiger partial charge in [-0.3, -0.25) is 23.5 Å². The summed E-state index contributed by atoms with van der Waals surface area (Å²) in [7, 11) is 0. The largest absolute Gasteiger partial charge is 0.462 e. The number of rotatable bonds is 11. The van der Waals surface area contributed by atoms with E-state index in [2.05, 4.69) is 10.6 Å². The number of hydrogen-bond acceptors (Lipinski definition) is 7. The van der Waals surface area contributed by atoms with Gasteiger partial charge >= 0.3 is 11.7 Å². The normalized spacial score (nSPS) is 10.8. The van der Waals surface area contributed by atoms with Crippen LogP contribution in [-0.2, 0) is 34.0 Å². The molecule has 0 aliphatic heterocycles. The predicted octanol–water partition coefficient (Wildman–Crippen LogP) is 3.45. The summed E-state index contributed by atoms with van der Waals surface area (Å²) in [6.07, 6.45) is 0.399. The zero-order valence-corrected chi connectivity index (χ0v) is 23.1. The third kappa shape index (κ3) is 6.73. The number of hydrogen-bond donors (Lipinski definition) is 2. The fourth-order valence-corrected chi connectivity index (χ4v) is 5.03. The third-order valence-corrected chi connectivity index (χ3v) is 7.12. The summed E-state index contributed by atoms with van der Waals surface area (Å²) in [5.41, 5.74) is 1.80. The Morgan fingerprint density at radius 2 is 1.70 bits per heavy atom. The van der Waals surface area contributed by atoms with E-state index >= 15 is 0 Å². The van der Waals surface area contributed by atoms with Crippen LogP contribution >= 0.6 is 11.3 Å². The van der Waals surface area contributed by atoms with Gasteiger partial charge in [-0.05, 0) is 49.4 Å². The van der Waals surface area contributed by atoms with E-state index in [4.69, 9.17) is 4.74 Å². The van der Waals surface area contributed by atoms with Gasteiger partial charge in [0.05, 0.1) is 23.4 Å². The van der Waals surface area contributed by atoms with Crippen LogP contribution in [0, 0.1) is 6.92 Å². The highest BCUT2D eigenvalue weighted by Crippen LogP contribution is 2.18. The lowest BCUT2D eigenvalue weighted by Gasteiger charge is -2.14. The number of ether oxygens (including phenoxy) is 1. The number of carbonyl (C=O) groups excluding carboxylic acids is 3. The van der Waals surface area contributed by atoms with Gasteiger partial charge in [0.15, 0.2) is 0 Å². The van der Waals surface area contributed by atoms with Gasteiger partial charge in [-0.2, -0.15) is 0 Å². The summed E-state index contributed by atoms with van der Waals surface area (Å²) in [6, 6.07) is 15.9. The van der Waals surface area contributed by atoms with E-state index in [-0.39, 0.29) is 49.7 Å². The molecular formula is C29H30N4O6S. The van der Waals surface area contributed by atoms with Gasteiger partial charge in [0, 0.05) is 19.5 Å². The zero-order valence-electron chi connectivity index (χ0n) is 22.3. The average Bonchev–Trinajstić information content (AvgIpc) is 3.43. The first kappa shape index (κ1) is 28.5. The molecule has 2 N–H and O–H groups in total. The van der Waals surface area contributed by atoms with E-state index in [1.54, 1.807) is 36.6 Å². The standard InChI is InChI=1S/C29H30N4O6S/c1-3-39-28(37)21-7-4-5-8-22(21)31-25(35)18-33-23-14-16-40-26(23)27(36)32(29(33)38)15-6-9-24(34)30-17-20-12-10-19(2)11-13-20/h4-5,7-8,10-14,16H,3,6,9,15,17-18H2,1-2H3,(H,30,34)(H,31,35). The number of benzene rings is 2. The molecule has 0 aliphatic carbocycles. The average molecular weight is 563 g/mol. The van der Waals surface area contributed by atoms with Crippen LogP contribution in [0.25, 0.3) is 10.2 Å². The molecule has 40 heavy (non-hydrogen) atoms. The molecule has 0 spiro atoms. The number of nitrogens with zero attached hydrogens (tertiary/aromatic N) is 2. The Morgan fingerprint density at radius 1 is 0.950 bits per heavy atom. The Bertz CT molecular complexity index is 1650. The lowest BCUT2D eigenvalue weighted by atomic mass is 10.1. The van der Waals surface area contributed by atoms with Gasteiger partial charge in [-0.15, -0.1) is 11.3 Å². The molecule has 2 aromatic heterocycles. The Balaban J connectivity index is 1.46. The number of para-hydroxylation sites is 1. The van der Waals surface area contributed by atoms with E-state index in [1.807, 2.05) is 31.2 Å². The van der Waals surface area contributed by atoms with Crippen LogP contribution in [0.1, 0.15) is 41.3 Å². The molecule has 0 bridgehead atoms. The van der Waals surface area contributed by atoms with Crippen LogP contribution in [0.15, 0.2) is 69.6 Å². The van der Waals surface area contributed by atoms with Gasteiger partial charge in [0.2, 0.25) is 11.8 Å². The van der Waals surface area contributed by atoms with Crippen LogP contribution in [0.3, 0.4) is 0 Å². The molecule has 0 saturated carbocycles. The Labute approximate surface area is 234 Å². The number of esters is 1. The van der Waals surface area contributed by atoms with Crippen molar-refractivity contribution < 1.29 is 19.1 Å². The van der Waals surface area contributed by atoms with Crippen LogP contribution in [0.5, 0.6) is 0 Å². The van der Waals surface area contributed by atoms with E-state index in [1.165, 1.54) is 22.0 Å². The van der Waals surface area contributed by atoms with Crippen LogP contribution < -0.4 is 21.9 Å². The van der Waals surface area contributed by atoms with Gasteiger partial charge in [0.25, 0.3) is 5.56 Å². The second-order valence-electron chi connectivity index (χ2n) is 9.14. The highest BCUT2D eigenvalue weighted by Gasteiger charge is 2.19. The Hall–Kier alpha value is -4.51. The van der Waals surface area contributed by atoms with Crippen LogP contribution in [0.4, 0.5) is 5.69 Å². The maximum absolute atomic E-state index is 13.3. The predicted molar refractivity (Wildman–Crippen MR) is 154 cm³/mol. The van der Waals surface area contributed by atoms with Crippen molar-refractivity contribution in [3.05, 3.63) is 97.5 Å². The molecule has 0 atom stereocenters. The molecule has 0 radical (unpaired) electrons. The Morgan fingerprint density at radius 3 is 2.45 bits per heavy atom. The van der Waals surface area contributed by atoms with Crippen molar-refractivity contribution in [2.24, 2.45) is 0 Å². The maximum atomic E-state index is 13.3. The number of nitrogens with one attached hydrogen (secondary N) is 2. The van der Waals surface area contributed by atoms with E-state index in [0.29, 0.717) is 16.8 Å². The zero-order chi connectivity index (χ0) is 28.6. The minimum Gasteiger partial charge on any atom is -0.462 e. The van der Waals surface area contributed by atoms with Crippen molar-refractivity contribution in [2.75, 3.05) is 11.9 Å². The molecule has 2 heterocycles. The first-order valence-corrected chi connectivity index (χ1v) is 13.8. The number of aryl methyl sites for hydroxylation is 1. The second-order valence-corrected chi connectivity index (χ2v) is 10.1. The summed E-state index contributed by atoms with van der Waals surface area (Å²) < 4.78 is 7.68. The number of fused-ring (bicyclic) bond motifs is 1. The molecule has 0 fully saturated rings. The fraction of sp³-hybridized carbons (Fsp3) is 0.276. The molecule has 0 unspecified atom stereocenters. The molecule has 2 aromatic carbocycles.